The number of piperazine rings is 1. The molecule has 20 heavy (non-hydrogen) atoms. The minimum absolute atomic E-state index is 0.0650. The van der Waals surface area contributed by atoms with Gasteiger partial charge in [-0.1, -0.05) is 23.7 Å². The van der Waals surface area contributed by atoms with Crippen LogP contribution in [0.4, 0.5) is 0 Å². The zero-order chi connectivity index (χ0) is 13.9. The Kier molecular flexibility index (Phi) is 3.76. The van der Waals surface area contributed by atoms with Crippen molar-refractivity contribution in [1.29, 1.82) is 0 Å². The third-order valence-corrected chi connectivity index (χ3v) is 3.69. The van der Waals surface area contributed by atoms with Crippen molar-refractivity contribution < 1.29 is 9.21 Å². The first-order valence-electron chi connectivity index (χ1n) is 6.60. The van der Waals surface area contributed by atoms with E-state index in [9.17, 15) is 4.79 Å². The van der Waals surface area contributed by atoms with Gasteiger partial charge in [-0.3, -0.25) is 4.79 Å². The number of benzene rings is 1. The Morgan fingerprint density at radius 1 is 1.15 bits per heavy atom. The third kappa shape index (κ3) is 2.57. The molecular formula is C15H15ClN2O2. The van der Waals surface area contributed by atoms with Crippen molar-refractivity contribution in [1.82, 2.24) is 10.2 Å². The molecule has 1 fully saturated rings. The first-order valence-corrected chi connectivity index (χ1v) is 6.98. The fraction of sp³-hybridized carbons (Fsp3) is 0.267. The standard InChI is InChI=1S/C15H15ClN2O2/c16-12-4-2-1-3-11(12)13-5-6-14(20-13)15(19)18-9-7-17-8-10-18/h1-6,17H,7-10H2. The summed E-state index contributed by atoms with van der Waals surface area (Å²) in [7, 11) is 0. The van der Waals surface area contributed by atoms with E-state index in [4.69, 9.17) is 16.0 Å². The van der Waals surface area contributed by atoms with Crippen LogP contribution in [0.3, 0.4) is 0 Å². The third-order valence-electron chi connectivity index (χ3n) is 3.36. The van der Waals surface area contributed by atoms with Gasteiger partial charge in [0.2, 0.25) is 0 Å². The predicted molar refractivity (Wildman–Crippen MR) is 77.9 cm³/mol. The topological polar surface area (TPSA) is 45.5 Å². The molecule has 2 aromatic rings. The molecule has 0 spiro atoms. The maximum atomic E-state index is 12.3. The van der Waals surface area contributed by atoms with Gasteiger partial charge in [0, 0.05) is 31.7 Å². The molecule has 1 amide bonds. The molecule has 0 saturated carbocycles. The molecule has 3 rings (SSSR count). The van der Waals surface area contributed by atoms with E-state index >= 15 is 0 Å². The van der Waals surface area contributed by atoms with Gasteiger partial charge in [-0.05, 0) is 24.3 Å². The van der Waals surface area contributed by atoms with E-state index in [1.165, 1.54) is 0 Å². The SMILES string of the molecule is O=C(c1ccc(-c2ccccc2Cl)o1)N1CCNCC1. The summed E-state index contributed by atoms with van der Waals surface area (Å²) in [4.78, 5) is 14.1. The molecule has 0 radical (unpaired) electrons. The van der Waals surface area contributed by atoms with Crippen LogP contribution in [0.15, 0.2) is 40.8 Å². The van der Waals surface area contributed by atoms with Crippen LogP contribution in [-0.4, -0.2) is 37.0 Å². The Morgan fingerprint density at radius 2 is 1.90 bits per heavy atom. The van der Waals surface area contributed by atoms with Gasteiger partial charge in [0.1, 0.15) is 5.76 Å². The number of nitrogens with zero attached hydrogens (tertiary/aromatic N) is 1. The van der Waals surface area contributed by atoms with Crippen molar-refractivity contribution >= 4 is 17.5 Å². The zero-order valence-corrected chi connectivity index (χ0v) is 11.7. The highest BCUT2D eigenvalue weighted by atomic mass is 35.5. The average Bonchev–Trinajstić information content (AvgIpc) is 2.97. The van der Waals surface area contributed by atoms with E-state index in [1.54, 1.807) is 23.1 Å². The quantitative estimate of drug-likeness (QED) is 0.925. The van der Waals surface area contributed by atoms with Gasteiger partial charge in [-0.25, -0.2) is 0 Å². The fourth-order valence-corrected chi connectivity index (χ4v) is 2.51. The smallest absolute Gasteiger partial charge is 0.289 e. The summed E-state index contributed by atoms with van der Waals surface area (Å²) in [5, 5.41) is 3.83. The lowest BCUT2D eigenvalue weighted by atomic mass is 10.2. The van der Waals surface area contributed by atoms with Crippen LogP contribution < -0.4 is 5.32 Å². The van der Waals surface area contributed by atoms with E-state index in [2.05, 4.69) is 5.32 Å². The molecule has 104 valence electrons. The number of rotatable bonds is 2. The zero-order valence-electron chi connectivity index (χ0n) is 10.9. The van der Waals surface area contributed by atoms with Crippen LogP contribution in [0.1, 0.15) is 10.6 Å². The number of amides is 1. The molecule has 1 N–H and O–H groups in total. The Labute approximate surface area is 122 Å². The molecular weight excluding hydrogens is 276 g/mol. The lowest BCUT2D eigenvalue weighted by molar-refractivity contribution is 0.0704. The van der Waals surface area contributed by atoms with Crippen LogP contribution in [-0.2, 0) is 0 Å². The van der Waals surface area contributed by atoms with Crippen molar-refractivity contribution in [3.8, 4) is 11.3 Å². The van der Waals surface area contributed by atoms with E-state index in [0.717, 1.165) is 18.7 Å². The lowest BCUT2D eigenvalue weighted by Gasteiger charge is -2.26. The maximum Gasteiger partial charge on any atom is 0.289 e. The Hall–Kier alpha value is -1.78. The molecule has 0 bridgehead atoms. The van der Waals surface area contributed by atoms with E-state index < -0.39 is 0 Å². The minimum atomic E-state index is -0.0650. The largest absolute Gasteiger partial charge is 0.451 e. The predicted octanol–water partition coefficient (Wildman–Crippen LogP) is 2.65. The van der Waals surface area contributed by atoms with Crippen molar-refractivity contribution in [2.45, 2.75) is 0 Å². The summed E-state index contributed by atoms with van der Waals surface area (Å²) < 4.78 is 5.67. The molecule has 1 aliphatic heterocycles. The average molecular weight is 291 g/mol. The van der Waals surface area contributed by atoms with Crippen LogP contribution in [0.5, 0.6) is 0 Å². The highest BCUT2D eigenvalue weighted by Crippen LogP contribution is 2.29. The number of furan rings is 1. The van der Waals surface area contributed by atoms with E-state index in [0.29, 0.717) is 29.6 Å². The summed E-state index contributed by atoms with van der Waals surface area (Å²) >= 11 is 6.13. The Bertz CT molecular complexity index is 618. The molecule has 1 aliphatic rings. The second-order valence-electron chi connectivity index (χ2n) is 4.69. The molecule has 1 aromatic carbocycles. The van der Waals surface area contributed by atoms with Crippen LogP contribution in [0.25, 0.3) is 11.3 Å². The van der Waals surface area contributed by atoms with Gasteiger partial charge < -0.3 is 14.6 Å². The normalized spacial score (nSPS) is 15.3. The number of carbonyl (C=O) groups excluding carboxylic acids is 1. The number of hydrogen-bond acceptors (Lipinski definition) is 3. The van der Waals surface area contributed by atoms with Gasteiger partial charge in [-0.15, -0.1) is 0 Å². The van der Waals surface area contributed by atoms with Gasteiger partial charge >= 0.3 is 0 Å². The van der Waals surface area contributed by atoms with Gasteiger partial charge in [0.25, 0.3) is 5.91 Å². The molecule has 0 unspecified atom stereocenters. The summed E-state index contributed by atoms with van der Waals surface area (Å²) in [5.74, 6) is 0.917. The molecule has 0 aliphatic carbocycles. The van der Waals surface area contributed by atoms with Gasteiger partial charge in [0.05, 0.1) is 5.02 Å². The molecule has 1 aromatic heterocycles. The summed E-state index contributed by atoms with van der Waals surface area (Å²) in [6, 6.07) is 10.9. The maximum absolute atomic E-state index is 12.3. The summed E-state index contributed by atoms with van der Waals surface area (Å²) in [6.45, 7) is 3.07. The first-order chi connectivity index (χ1) is 9.75. The highest BCUT2D eigenvalue weighted by molar-refractivity contribution is 6.33. The number of hydrogen-bond donors (Lipinski definition) is 1. The second kappa shape index (κ2) is 5.69. The minimum Gasteiger partial charge on any atom is -0.451 e. The fourth-order valence-electron chi connectivity index (χ4n) is 2.28. The Morgan fingerprint density at radius 3 is 2.65 bits per heavy atom. The van der Waals surface area contributed by atoms with Crippen LogP contribution in [0.2, 0.25) is 5.02 Å². The lowest BCUT2D eigenvalue weighted by Crippen LogP contribution is -2.46. The molecule has 2 heterocycles. The van der Waals surface area contributed by atoms with Crippen molar-refractivity contribution in [3.63, 3.8) is 0 Å². The first kappa shape index (κ1) is 13.2. The van der Waals surface area contributed by atoms with E-state index in [1.807, 2.05) is 18.2 Å². The molecule has 0 atom stereocenters. The molecule has 5 heteroatoms. The molecule has 4 nitrogen and oxygen atoms in total. The van der Waals surface area contributed by atoms with Crippen molar-refractivity contribution in [2.75, 3.05) is 26.2 Å². The van der Waals surface area contributed by atoms with Gasteiger partial charge in [0.15, 0.2) is 5.76 Å². The Balaban J connectivity index is 1.83. The van der Waals surface area contributed by atoms with Gasteiger partial charge in [-0.2, -0.15) is 0 Å². The summed E-state index contributed by atoms with van der Waals surface area (Å²) in [6.07, 6.45) is 0. The van der Waals surface area contributed by atoms with Crippen molar-refractivity contribution in [3.05, 3.63) is 47.2 Å². The molecule has 1 saturated heterocycles. The number of carbonyl (C=O) groups is 1. The van der Waals surface area contributed by atoms with E-state index in [-0.39, 0.29) is 5.91 Å². The summed E-state index contributed by atoms with van der Waals surface area (Å²) in [5.41, 5.74) is 0.800. The number of nitrogens with one attached hydrogen (secondary N) is 1. The highest BCUT2D eigenvalue weighted by Gasteiger charge is 2.21. The van der Waals surface area contributed by atoms with Crippen LogP contribution >= 0.6 is 11.6 Å². The van der Waals surface area contributed by atoms with Crippen LogP contribution in [0, 0.1) is 0 Å². The van der Waals surface area contributed by atoms with Crippen molar-refractivity contribution in [2.24, 2.45) is 0 Å². The number of halogens is 1. The second-order valence-corrected chi connectivity index (χ2v) is 5.09. The monoisotopic (exact) mass is 290 g/mol.